The van der Waals surface area contributed by atoms with E-state index in [4.69, 9.17) is 16.3 Å². The van der Waals surface area contributed by atoms with Crippen LogP contribution in [0.3, 0.4) is 0 Å². The summed E-state index contributed by atoms with van der Waals surface area (Å²) in [5.74, 6) is 0.370. The fourth-order valence-electron chi connectivity index (χ4n) is 5.49. The van der Waals surface area contributed by atoms with E-state index < -0.39 is 24.1 Å². The highest BCUT2D eigenvalue weighted by molar-refractivity contribution is 6.32. The van der Waals surface area contributed by atoms with Gasteiger partial charge in [-0.2, -0.15) is 13.2 Å². The van der Waals surface area contributed by atoms with Gasteiger partial charge in [0, 0.05) is 40.3 Å². The molecule has 12 heteroatoms. The van der Waals surface area contributed by atoms with Gasteiger partial charge in [0.1, 0.15) is 16.7 Å². The number of carbonyl (C=O) groups is 2. The number of hydrogen-bond donors (Lipinski definition) is 1. The molecule has 0 spiro atoms. The van der Waals surface area contributed by atoms with Crippen LogP contribution in [-0.4, -0.2) is 85.3 Å². The lowest BCUT2D eigenvalue weighted by Crippen LogP contribution is -2.58. The van der Waals surface area contributed by atoms with Crippen molar-refractivity contribution in [2.24, 2.45) is 11.8 Å². The van der Waals surface area contributed by atoms with Crippen LogP contribution in [0.4, 0.5) is 19.0 Å². The Kier molecular flexibility index (Phi) is 8.84. The van der Waals surface area contributed by atoms with Crippen LogP contribution in [0.2, 0.25) is 5.15 Å². The summed E-state index contributed by atoms with van der Waals surface area (Å²) >= 11 is 6.27. The Morgan fingerprint density at radius 1 is 1.12 bits per heavy atom. The molecule has 1 unspecified atom stereocenters. The third-order valence-electron chi connectivity index (χ3n) is 7.68. The molecule has 1 atom stereocenters. The summed E-state index contributed by atoms with van der Waals surface area (Å²) in [6.45, 7) is 2.13. The number of anilines is 1. The minimum Gasteiger partial charge on any atom is -0.497 e. The van der Waals surface area contributed by atoms with Gasteiger partial charge in [-0.15, -0.1) is 0 Å². The number of hydrogen-bond acceptors (Lipinski definition) is 6. The van der Waals surface area contributed by atoms with Gasteiger partial charge in [-0.3, -0.25) is 9.59 Å². The predicted octanol–water partition coefficient (Wildman–Crippen LogP) is 4.35. The molecule has 2 fully saturated rings. The number of benzene rings is 1. The molecular formula is C28H34ClF3N4O4. The van der Waals surface area contributed by atoms with Gasteiger partial charge < -0.3 is 24.5 Å². The van der Waals surface area contributed by atoms with Gasteiger partial charge in [-0.05, 0) is 60.9 Å². The van der Waals surface area contributed by atoms with Crippen molar-refractivity contribution in [3.05, 3.63) is 52.7 Å². The minimum atomic E-state index is -4.74. The third kappa shape index (κ3) is 6.63. The second-order valence-corrected chi connectivity index (χ2v) is 11.2. The maximum Gasteiger partial charge on any atom is 0.392 e. The van der Waals surface area contributed by atoms with Gasteiger partial charge in [0.15, 0.2) is 5.60 Å². The molecular weight excluding hydrogens is 549 g/mol. The summed E-state index contributed by atoms with van der Waals surface area (Å²) < 4.78 is 45.3. The van der Waals surface area contributed by atoms with Crippen LogP contribution >= 0.6 is 11.6 Å². The van der Waals surface area contributed by atoms with Crippen LogP contribution in [-0.2, 0) is 10.4 Å². The highest BCUT2D eigenvalue weighted by atomic mass is 35.5. The standard InChI is InChI=1S/C28H34ClF3N4O4/c1-34(2)25(37)22-7-8-23(33-24(22)29)35-11-9-18(10-12-35)13-19-15-36(16-19)26(38)27(39,17-28(30,31)32)20-5-4-6-21(14-20)40-3/h4-8,14,18-19,39H,9-13,15-17H2,1-3H3. The van der Waals surface area contributed by atoms with Crippen molar-refractivity contribution in [1.29, 1.82) is 0 Å². The van der Waals surface area contributed by atoms with Crippen LogP contribution in [0.25, 0.3) is 0 Å². The average molecular weight is 583 g/mol. The van der Waals surface area contributed by atoms with Gasteiger partial charge in [0.25, 0.3) is 11.8 Å². The largest absolute Gasteiger partial charge is 0.497 e. The number of aromatic nitrogens is 1. The van der Waals surface area contributed by atoms with E-state index in [1.807, 2.05) is 0 Å². The van der Waals surface area contributed by atoms with Gasteiger partial charge in [0.05, 0.1) is 19.1 Å². The first-order valence-corrected chi connectivity index (χ1v) is 13.5. The normalized spacial score (nSPS) is 18.2. The summed E-state index contributed by atoms with van der Waals surface area (Å²) in [6.07, 6.45) is -3.78. The predicted molar refractivity (Wildman–Crippen MR) is 144 cm³/mol. The number of carbonyl (C=O) groups excluding carboxylic acids is 2. The molecule has 218 valence electrons. The second kappa shape index (κ2) is 11.8. The van der Waals surface area contributed by atoms with Crippen LogP contribution in [0.15, 0.2) is 36.4 Å². The van der Waals surface area contributed by atoms with Gasteiger partial charge in [-0.25, -0.2) is 4.98 Å². The molecule has 0 radical (unpaired) electrons. The van der Waals surface area contributed by atoms with E-state index in [-0.39, 0.29) is 28.3 Å². The van der Waals surface area contributed by atoms with Crippen molar-refractivity contribution in [2.75, 3.05) is 52.3 Å². The van der Waals surface area contributed by atoms with E-state index in [1.54, 1.807) is 32.3 Å². The zero-order chi connectivity index (χ0) is 29.2. The number of aliphatic hydroxyl groups is 1. The number of pyridine rings is 1. The van der Waals surface area contributed by atoms with Gasteiger partial charge in [-0.1, -0.05) is 23.7 Å². The number of piperidine rings is 1. The molecule has 2 aromatic rings. The van der Waals surface area contributed by atoms with Gasteiger partial charge >= 0.3 is 6.18 Å². The lowest BCUT2D eigenvalue weighted by Gasteiger charge is -2.45. The van der Waals surface area contributed by atoms with Gasteiger partial charge in [0.2, 0.25) is 0 Å². The maximum atomic E-state index is 13.4. The molecule has 0 bridgehead atoms. The van der Waals surface area contributed by atoms with Crippen LogP contribution in [0, 0.1) is 11.8 Å². The minimum absolute atomic E-state index is 0.141. The van der Waals surface area contributed by atoms with Crippen LogP contribution < -0.4 is 9.64 Å². The molecule has 8 nitrogen and oxygen atoms in total. The zero-order valence-electron chi connectivity index (χ0n) is 22.7. The first kappa shape index (κ1) is 29.9. The molecule has 2 saturated heterocycles. The van der Waals surface area contributed by atoms with Crippen molar-refractivity contribution in [2.45, 2.75) is 37.5 Å². The van der Waals surface area contributed by atoms with Crippen molar-refractivity contribution in [3.8, 4) is 5.75 Å². The summed E-state index contributed by atoms with van der Waals surface area (Å²) in [5, 5.41) is 11.2. The molecule has 1 aromatic heterocycles. The fourth-order valence-corrected chi connectivity index (χ4v) is 5.72. The summed E-state index contributed by atoms with van der Waals surface area (Å²) in [4.78, 5) is 34.7. The van der Waals surface area contributed by atoms with E-state index in [1.165, 1.54) is 35.1 Å². The molecule has 3 heterocycles. The molecule has 0 aliphatic carbocycles. The fraction of sp³-hybridized carbons (Fsp3) is 0.536. The first-order valence-electron chi connectivity index (χ1n) is 13.2. The van der Waals surface area contributed by atoms with E-state index in [2.05, 4.69) is 9.88 Å². The highest BCUT2D eigenvalue weighted by Crippen LogP contribution is 2.40. The quantitative estimate of drug-likeness (QED) is 0.466. The lowest BCUT2D eigenvalue weighted by molar-refractivity contribution is -0.196. The van der Waals surface area contributed by atoms with Crippen LogP contribution in [0.1, 0.15) is 41.6 Å². The molecule has 0 saturated carbocycles. The molecule has 40 heavy (non-hydrogen) atoms. The van der Waals surface area contributed by atoms with Crippen molar-refractivity contribution in [1.82, 2.24) is 14.8 Å². The topological polar surface area (TPSA) is 86.2 Å². The Hall–Kier alpha value is -3.05. The Morgan fingerprint density at radius 3 is 2.38 bits per heavy atom. The second-order valence-electron chi connectivity index (χ2n) is 10.8. The highest BCUT2D eigenvalue weighted by Gasteiger charge is 2.51. The number of methoxy groups -OCH3 is 1. The maximum absolute atomic E-state index is 13.4. The number of rotatable bonds is 8. The Morgan fingerprint density at radius 2 is 1.80 bits per heavy atom. The number of halogens is 4. The molecule has 2 aliphatic rings. The van der Waals surface area contributed by atoms with E-state index in [0.29, 0.717) is 30.4 Å². The molecule has 2 aliphatic heterocycles. The van der Waals surface area contributed by atoms with E-state index in [9.17, 15) is 27.9 Å². The average Bonchev–Trinajstić information content (AvgIpc) is 2.89. The summed E-state index contributed by atoms with van der Waals surface area (Å²) in [5.41, 5.74) is -2.51. The van der Waals surface area contributed by atoms with Crippen LogP contribution in [0.5, 0.6) is 5.75 Å². The van der Waals surface area contributed by atoms with Crippen molar-refractivity contribution >= 4 is 29.2 Å². The Labute approximate surface area is 236 Å². The third-order valence-corrected chi connectivity index (χ3v) is 7.97. The summed E-state index contributed by atoms with van der Waals surface area (Å²) in [6, 6.07) is 9.05. The van der Waals surface area contributed by atoms with E-state index >= 15 is 0 Å². The number of ether oxygens (including phenoxy) is 1. The van der Waals surface area contributed by atoms with Crippen molar-refractivity contribution < 1.29 is 32.6 Å². The molecule has 4 rings (SSSR count). The first-order chi connectivity index (χ1) is 18.8. The SMILES string of the molecule is COc1cccc(C(O)(CC(F)(F)F)C(=O)N2CC(CC3CCN(c4ccc(C(=O)N(C)C)c(Cl)n4)CC3)C2)c1. The molecule has 2 amide bonds. The Balaban J connectivity index is 1.32. The summed E-state index contributed by atoms with van der Waals surface area (Å²) in [7, 11) is 4.67. The number of alkyl halides is 3. The van der Waals surface area contributed by atoms with Crippen molar-refractivity contribution in [3.63, 3.8) is 0 Å². The number of amides is 2. The number of likely N-dealkylation sites (tertiary alicyclic amines) is 1. The molecule has 1 aromatic carbocycles. The lowest BCUT2D eigenvalue weighted by atomic mass is 9.81. The van der Waals surface area contributed by atoms with E-state index in [0.717, 1.165) is 32.4 Å². The number of nitrogens with zero attached hydrogens (tertiary/aromatic N) is 4. The smallest absolute Gasteiger partial charge is 0.392 e. The Bertz CT molecular complexity index is 1230. The zero-order valence-corrected chi connectivity index (χ0v) is 23.5. The monoisotopic (exact) mass is 582 g/mol. The molecule has 1 N–H and O–H groups in total.